The second-order valence-corrected chi connectivity index (χ2v) is 5.16. The molecule has 0 atom stereocenters. The molecule has 1 aliphatic carbocycles. The van der Waals surface area contributed by atoms with Crippen LogP contribution in [0.25, 0.3) is 12.2 Å². The average Bonchev–Trinajstić information content (AvgIpc) is 2.82. The van der Waals surface area contributed by atoms with Crippen molar-refractivity contribution in [2.75, 3.05) is 5.73 Å². The summed E-state index contributed by atoms with van der Waals surface area (Å²) in [5.74, 6) is 0. The summed E-state index contributed by atoms with van der Waals surface area (Å²) in [7, 11) is 0. The first kappa shape index (κ1) is 10.5. The second-order valence-electron chi connectivity index (χ2n) is 4.27. The first-order valence-corrected chi connectivity index (χ1v) is 6.62. The summed E-state index contributed by atoms with van der Waals surface area (Å²) < 4.78 is 2.21. The molecule has 0 amide bonds. The summed E-state index contributed by atoms with van der Waals surface area (Å²) in [5, 5.41) is 2.54. The molecule has 4 nitrogen and oxygen atoms in total. The summed E-state index contributed by atoms with van der Waals surface area (Å²) in [4.78, 5) is 8.53. The molecule has 1 fully saturated rings. The van der Waals surface area contributed by atoms with Gasteiger partial charge in [0.25, 0.3) is 0 Å². The van der Waals surface area contributed by atoms with Crippen molar-refractivity contribution in [2.45, 2.75) is 25.3 Å². The molecule has 2 N–H and O–H groups in total. The predicted octanol–water partition coefficient (Wildman–Crippen LogP) is 2.82. The average molecular weight is 246 g/mol. The lowest BCUT2D eigenvalue weighted by atomic mass is 9.93. The standard InChI is InChI=1S/C12H14N4S/c13-12-15-10(7-17-12)5-4-9-6-16(8-14-9)11-2-1-3-11/h4-8,11H,1-3H2,(H2,13,15). The monoisotopic (exact) mass is 246 g/mol. The fourth-order valence-electron chi connectivity index (χ4n) is 1.87. The van der Waals surface area contributed by atoms with Crippen molar-refractivity contribution in [3.63, 3.8) is 0 Å². The van der Waals surface area contributed by atoms with E-state index < -0.39 is 0 Å². The van der Waals surface area contributed by atoms with Crippen molar-refractivity contribution in [1.29, 1.82) is 0 Å². The van der Waals surface area contributed by atoms with Gasteiger partial charge in [0.2, 0.25) is 0 Å². The zero-order valence-corrected chi connectivity index (χ0v) is 10.2. The highest BCUT2D eigenvalue weighted by atomic mass is 32.1. The third-order valence-electron chi connectivity index (χ3n) is 3.08. The summed E-state index contributed by atoms with van der Waals surface area (Å²) in [6.45, 7) is 0. The van der Waals surface area contributed by atoms with Crippen LogP contribution in [0.5, 0.6) is 0 Å². The van der Waals surface area contributed by atoms with Crippen molar-refractivity contribution in [3.05, 3.63) is 29.3 Å². The Hall–Kier alpha value is -1.62. The largest absolute Gasteiger partial charge is 0.375 e. The molecule has 0 aliphatic heterocycles. The van der Waals surface area contributed by atoms with Gasteiger partial charge in [0, 0.05) is 17.6 Å². The summed E-state index contributed by atoms with van der Waals surface area (Å²) in [6.07, 6.45) is 11.8. The Kier molecular flexibility index (Phi) is 2.68. The molecule has 2 aromatic heterocycles. The van der Waals surface area contributed by atoms with Crippen molar-refractivity contribution in [2.24, 2.45) is 0 Å². The van der Waals surface area contributed by atoms with Crippen LogP contribution in [0, 0.1) is 0 Å². The summed E-state index contributed by atoms with van der Waals surface area (Å²) in [5.41, 5.74) is 7.44. The molecule has 3 rings (SSSR count). The topological polar surface area (TPSA) is 56.7 Å². The van der Waals surface area contributed by atoms with Gasteiger partial charge in [-0.05, 0) is 31.4 Å². The molecule has 0 unspecified atom stereocenters. The number of nitrogens with zero attached hydrogens (tertiary/aromatic N) is 3. The third-order valence-corrected chi connectivity index (χ3v) is 3.77. The molecule has 2 aromatic rings. The smallest absolute Gasteiger partial charge is 0.180 e. The minimum absolute atomic E-state index is 0.602. The number of hydrogen-bond donors (Lipinski definition) is 1. The van der Waals surface area contributed by atoms with Gasteiger partial charge in [0.05, 0.1) is 17.7 Å². The van der Waals surface area contributed by atoms with E-state index in [0.29, 0.717) is 11.2 Å². The Morgan fingerprint density at radius 3 is 2.82 bits per heavy atom. The zero-order valence-electron chi connectivity index (χ0n) is 9.41. The van der Waals surface area contributed by atoms with Crippen molar-refractivity contribution in [1.82, 2.24) is 14.5 Å². The number of aromatic nitrogens is 3. The predicted molar refractivity (Wildman–Crippen MR) is 70.6 cm³/mol. The van der Waals surface area contributed by atoms with E-state index in [9.17, 15) is 0 Å². The molecule has 17 heavy (non-hydrogen) atoms. The normalized spacial score (nSPS) is 16.5. The van der Waals surface area contributed by atoms with Crippen LogP contribution in [-0.4, -0.2) is 14.5 Å². The van der Waals surface area contributed by atoms with Gasteiger partial charge in [-0.15, -0.1) is 11.3 Å². The first-order valence-electron chi connectivity index (χ1n) is 5.74. The highest BCUT2D eigenvalue weighted by Gasteiger charge is 2.18. The maximum absolute atomic E-state index is 5.57. The van der Waals surface area contributed by atoms with Crippen LogP contribution in [0.4, 0.5) is 5.13 Å². The third kappa shape index (κ3) is 2.24. The lowest BCUT2D eigenvalue weighted by molar-refractivity contribution is 0.313. The number of nitrogens with two attached hydrogens (primary N) is 1. The summed E-state index contributed by atoms with van der Waals surface area (Å²) in [6, 6.07) is 0.666. The van der Waals surface area contributed by atoms with Crippen LogP contribution < -0.4 is 5.73 Å². The van der Waals surface area contributed by atoms with E-state index in [1.807, 2.05) is 23.9 Å². The minimum Gasteiger partial charge on any atom is -0.375 e. The number of thiazole rings is 1. The lowest BCUT2D eigenvalue weighted by Crippen LogP contribution is -2.14. The van der Waals surface area contributed by atoms with Gasteiger partial charge in [-0.25, -0.2) is 9.97 Å². The lowest BCUT2D eigenvalue weighted by Gasteiger charge is -2.26. The molecule has 0 saturated heterocycles. The quantitative estimate of drug-likeness (QED) is 0.906. The van der Waals surface area contributed by atoms with Crippen molar-refractivity contribution >= 4 is 28.6 Å². The van der Waals surface area contributed by atoms with Gasteiger partial charge in [-0.3, -0.25) is 0 Å². The Bertz CT molecular complexity index is 536. The fraction of sp³-hybridized carbons (Fsp3) is 0.333. The summed E-state index contributed by atoms with van der Waals surface area (Å²) >= 11 is 1.45. The van der Waals surface area contributed by atoms with E-state index in [2.05, 4.69) is 20.7 Å². The van der Waals surface area contributed by atoms with E-state index in [1.54, 1.807) is 0 Å². The van der Waals surface area contributed by atoms with Crippen LogP contribution >= 0.6 is 11.3 Å². The molecular weight excluding hydrogens is 232 g/mol. The Balaban J connectivity index is 1.72. The number of imidazole rings is 1. The number of nitrogen functional groups attached to an aromatic ring is 1. The van der Waals surface area contributed by atoms with Gasteiger partial charge in [-0.1, -0.05) is 0 Å². The number of anilines is 1. The highest BCUT2D eigenvalue weighted by molar-refractivity contribution is 7.13. The van der Waals surface area contributed by atoms with Crippen LogP contribution in [0.3, 0.4) is 0 Å². The molecule has 1 aliphatic rings. The van der Waals surface area contributed by atoms with Crippen LogP contribution in [0.1, 0.15) is 36.7 Å². The molecule has 1 saturated carbocycles. The Labute approximate surface area is 104 Å². The molecule has 0 spiro atoms. The molecule has 5 heteroatoms. The highest BCUT2D eigenvalue weighted by Crippen LogP contribution is 2.31. The number of hydrogen-bond acceptors (Lipinski definition) is 4. The van der Waals surface area contributed by atoms with Gasteiger partial charge in [0.15, 0.2) is 5.13 Å². The SMILES string of the molecule is Nc1nc(C=Cc2cn(C3CCC3)cn2)cs1. The van der Waals surface area contributed by atoms with Crippen molar-refractivity contribution < 1.29 is 0 Å². The van der Waals surface area contributed by atoms with E-state index in [0.717, 1.165) is 11.4 Å². The first-order chi connectivity index (χ1) is 8.31. The van der Waals surface area contributed by atoms with E-state index in [4.69, 9.17) is 5.73 Å². The molecule has 0 radical (unpaired) electrons. The number of rotatable bonds is 3. The second kappa shape index (κ2) is 4.33. The van der Waals surface area contributed by atoms with E-state index in [1.165, 1.54) is 30.6 Å². The van der Waals surface area contributed by atoms with Crippen LogP contribution in [-0.2, 0) is 0 Å². The van der Waals surface area contributed by atoms with E-state index >= 15 is 0 Å². The molecule has 88 valence electrons. The molecular formula is C12H14N4S. The fourth-order valence-corrected chi connectivity index (χ4v) is 2.40. The molecule has 0 bridgehead atoms. The maximum atomic E-state index is 5.57. The van der Waals surface area contributed by atoms with Gasteiger partial charge in [-0.2, -0.15) is 0 Å². The molecule has 2 heterocycles. The van der Waals surface area contributed by atoms with Crippen LogP contribution in [0.2, 0.25) is 0 Å². The van der Waals surface area contributed by atoms with Gasteiger partial charge >= 0.3 is 0 Å². The molecule has 0 aromatic carbocycles. The Morgan fingerprint density at radius 1 is 1.35 bits per heavy atom. The maximum Gasteiger partial charge on any atom is 0.180 e. The van der Waals surface area contributed by atoms with Crippen molar-refractivity contribution in [3.8, 4) is 0 Å². The zero-order chi connectivity index (χ0) is 11.7. The minimum atomic E-state index is 0.602. The van der Waals surface area contributed by atoms with Gasteiger partial charge < -0.3 is 10.3 Å². The van der Waals surface area contributed by atoms with Crippen LogP contribution in [0.15, 0.2) is 17.9 Å². The van der Waals surface area contributed by atoms with Gasteiger partial charge in [0.1, 0.15) is 0 Å². The van der Waals surface area contributed by atoms with E-state index in [-0.39, 0.29) is 0 Å². The Morgan fingerprint density at radius 2 is 2.18 bits per heavy atom.